The Bertz CT molecular complexity index is 595. The summed E-state index contributed by atoms with van der Waals surface area (Å²) in [6.45, 7) is 5.03. The highest BCUT2D eigenvalue weighted by Crippen LogP contribution is 2.28. The van der Waals surface area contributed by atoms with Crippen LogP contribution in [0.25, 0.3) is 11.0 Å². The van der Waals surface area contributed by atoms with E-state index in [0.29, 0.717) is 5.92 Å². The molecule has 96 valence electrons. The van der Waals surface area contributed by atoms with Crippen LogP contribution in [0.2, 0.25) is 5.28 Å². The van der Waals surface area contributed by atoms with Gasteiger partial charge in [-0.1, -0.05) is 13.8 Å². The van der Waals surface area contributed by atoms with Gasteiger partial charge in [-0.05, 0) is 23.6 Å². The molecular formula is C12H15ClN4O. The Balaban J connectivity index is 2.15. The van der Waals surface area contributed by atoms with Crippen LogP contribution in [0.5, 0.6) is 0 Å². The number of halogens is 1. The van der Waals surface area contributed by atoms with Gasteiger partial charge in [0.05, 0.1) is 5.69 Å². The largest absolute Gasteiger partial charge is 0.373 e. The van der Waals surface area contributed by atoms with Gasteiger partial charge >= 0.3 is 0 Å². The van der Waals surface area contributed by atoms with Crippen LogP contribution in [0.1, 0.15) is 25.8 Å². The van der Waals surface area contributed by atoms with E-state index >= 15 is 0 Å². The number of rotatable bonds is 1. The minimum Gasteiger partial charge on any atom is -0.373 e. The van der Waals surface area contributed by atoms with Crippen molar-refractivity contribution in [2.75, 3.05) is 0 Å². The van der Waals surface area contributed by atoms with Crippen LogP contribution in [0, 0.1) is 5.92 Å². The van der Waals surface area contributed by atoms with Gasteiger partial charge in [0.25, 0.3) is 0 Å². The highest BCUT2D eigenvalue weighted by Gasteiger charge is 2.28. The first-order valence-electron chi connectivity index (χ1n) is 6.02. The lowest BCUT2D eigenvalue weighted by Crippen LogP contribution is -2.45. The van der Waals surface area contributed by atoms with Gasteiger partial charge in [-0.2, -0.15) is 4.98 Å². The minimum absolute atomic E-state index is 0.219. The van der Waals surface area contributed by atoms with Crippen LogP contribution < -0.4 is 5.32 Å². The van der Waals surface area contributed by atoms with Gasteiger partial charge in [-0.25, -0.2) is 4.98 Å². The fourth-order valence-electron chi connectivity index (χ4n) is 2.40. The summed E-state index contributed by atoms with van der Waals surface area (Å²) in [5, 5.41) is 14.5. The molecule has 0 amide bonds. The van der Waals surface area contributed by atoms with E-state index in [0.717, 1.165) is 23.3 Å². The first-order chi connectivity index (χ1) is 8.56. The van der Waals surface area contributed by atoms with Gasteiger partial charge in [-0.3, -0.25) is 5.32 Å². The Kier molecular flexibility index (Phi) is 2.77. The van der Waals surface area contributed by atoms with Crippen molar-refractivity contribution in [1.82, 2.24) is 19.9 Å². The van der Waals surface area contributed by atoms with Crippen molar-refractivity contribution in [2.24, 2.45) is 5.92 Å². The van der Waals surface area contributed by atoms with E-state index < -0.39 is 6.23 Å². The van der Waals surface area contributed by atoms with Gasteiger partial charge in [-0.15, -0.1) is 0 Å². The molecule has 2 aromatic heterocycles. The summed E-state index contributed by atoms with van der Waals surface area (Å²) in [5.74, 6) is 0.433. The summed E-state index contributed by atoms with van der Waals surface area (Å²) in [5.41, 5.74) is 1.61. The number of fused-ring (bicyclic) bond motifs is 3. The summed E-state index contributed by atoms with van der Waals surface area (Å²) < 4.78 is 2.02. The number of nitrogens with one attached hydrogen (secondary N) is 1. The van der Waals surface area contributed by atoms with Crippen molar-refractivity contribution < 1.29 is 5.11 Å². The third-order valence-corrected chi connectivity index (χ3v) is 3.66. The zero-order chi connectivity index (χ0) is 12.9. The molecule has 2 N–H and O–H groups in total. The van der Waals surface area contributed by atoms with E-state index in [2.05, 4.69) is 29.1 Å². The molecule has 2 aromatic rings. The fourth-order valence-corrected chi connectivity index (χ4v) is 2.53. The Morgan fingerprint density at radius 2 is 2.33 bits per heavy atom. The summed E-state index contributed by atoms with van der Waals surface area (Å²) in [6, 6.07) is 2.12. The maximum absolute atomic E-state index is 10.1. The molecule has 0 saturated carbocycles. The van der Waals surface area contributed by atoms with Gasteiger partial charge in [0.15, 0.2) is 0 Å². The molecule has 0 spiro atoms. The first kappa shape index (κ1) is 11.9. The van der Waals surface area contributed by atoms with Gasteiger partial charge in [0, 0.05) is 24.2 Å². The molecule has 0 radical (unpaired) electrons. The number of hydrogen-bond donors (Lipinski definition) is 2. The maximum atomic E-state index is 10.1. The molecular weight excluding hydrogens is 252 g/mol. The molecule has 5 nitrogen and oxygen atoms in total. The molecule has 3 heterocycles. The molecule has 2 atom stereocenters. The van der Waals surface area contributed by atoms with Crippen molar-refractivity contribution in [3.05, 3.63) is 23.2 Å². The number of nitrogens with zero attached hydrogens (tertiary/aromatic N) is 3. The zero-order valence-corrected chi connectivity index (χ0v) is 11.0. The van der Waals surface area contributed by atoms with Crippen molar-refractivity contribution in [2.45, 2.75) is 32.7 Å². The molecule has 1 unspecified atom stereocenters. The van der Waals surface area contributed by atoms with Crippen LogP contribution in [-0.4, -0.2) is 25.7 Å². The van der Waals surface area contributed by atoms with E-state index in [1.54, 1.807) is 6.20 Å². The van der Waals surface area contributed by atoms with E-state index in [4.69, 9.17) is 11.6 Å². The molecule has 0 bridgehead atoms. The lowest BCUT2D eigenvalue weighted by molar-refractivity contribution is 0.0816. The molecule has 0 fully saturated rings. The van der Waals surface area contributed by atoms with E-state index in [1.807, 2.05) is 10.6 Å². The minimum atomic E-state index is -0.667. The smallest absolute Gasteiger partial charge is 0.224 e. The second kappa shape index (κ2) is 4.19. The second-order valence-electron chi connectivity index (χ2n) is 5.02. The van der Waals surface area contributed by atoms with Crippen LogP contribution in [0.4, 0.5) is 0 Å². The van der Waals surface area contributed by atoms with Gasteiger partial charge in [0.2, 0.25) is 5.28 Å². The Morgan fingerprint density at radius 1 is 1.56 bits per heavy atom. The van der Waals surface area contributed by atoms with Crippen molar-refractivity contribution in [3.8, 4) is 0 Å². The van der Waals surface area contributed by atoms with Gasteiger partial charge < -0.3 is 9.67 Å². The molecule has 3 rings (SSSR count). The number of hydrogen-bond acceptors (Lipinski definition) is 4. The topological polar surface area (TPSA) is 63.0 Å². The highest BCUT2D eigenvalue weighted by atomic mass is 35.5. The predicted molar refractivity (Wildman–Crippen MR) is 69.3 cm³/mol. The van der Waals surface area contributed by atoms with Crippen LogP contribution in [0.15, 0.2) is 12.3 Å². The van der Waals surface area contributed by atoms with Crippen molar-refractivity contribution >= 4 is 22.6 Å². The predicted octanol–water partition coefficient (Wildman–Crippen LogP) is 1.70. The molecule has 1 aliphatic heterocycles. The maximum Gasteiger partial charge on any atom is 0.224 e. The highest BCUT2D eigenvalue weighted by molar-refractivity contribution is 6.28. The average Bonchev–Trinajstić information content (AvgIpc) is 2.68. The number of aliphatic hydroxyl groups excluding tert-OH is 1. The summed E-state index contributed by atoms with van der Waals surface area (Å²) in [6.07, 6.45) is 1.02. The van der Waals surface area contributed by atoms with E-state index in [1.165, 1.54) is 0 Å². The summed E-state index contributed by atoms with van der Waals surface area (Å²) >= 11 is 5.84. The number of aliphatic hydroxyl groups is 1. The lowest BCUT2D eigenvalue weighted by Gasteiger charge is -2.32. The molecule has 1 aliphatic rings. The second-order valence-corrected chi connectivity index (χ2v) is 5.36. The molecule has 0 aliphatic carbocycles. The molecule has 6 heteroatoms. The number of aromatic nitrogens is 3. The molecule has 0 saturated heterocycles. The van der Waals surface area contributed by atoms with E-state index in [9.17, 15) is 5.11 Å². The van der Waals surface area contributed by atoms with Crippen LogP contribution >= 0.6 is 11.6 Å². The SMILES string of the molecule is CC(C)[C@H]1Cn2c(cc3cnc(Cl)nc32)C(O)N1. The standard InChI is InChI=1S/C12H15ClN4O/c1-6(2)8-5-17-9(11(18)15-8)3-7-4-14-12(13)16-10(7)17/h3-4,6,8,11,15,18H,5H2,1-2H3/t8-,11?/m1/s1. The Hall–Kier alpha value is -1.17. The van der Waals surface area contributed by atoms with Gasteiger partial charge in [0.1, 0.15) is 11.9 Å². The van der Waals surface area contributed by atoms with E-state index in [-0.39, 0.29) is 11.3 Å². The van der Waals surface area contributed by atoms with Crippen LogP contribution in [-0.2, 0) is 6.54 Å². The molecule has 0 aromatic carbocycles. The average molecular weight is 267 g/mol. The zero-order valence-electron chi connectivity index (χ0n) is 10.3. The Morgan fingerprint density at radius 3 is 3.06 bits per heavy atom. The summed E-state index contributed by atoms with van der Waals surface area (Å²) in [7, 11) is 0. The summed E-state index contributed by atoms with van der Waals surface area (Å²) in [4.78, 5) is 8.22. The third-order valence-electron chi connectivity index (χ3n) is 3.47. The normalized spacial score (nSPS) is 23.6. The quantitative estimate of drug-likeness (QED) is 0.772. The Labute approximate surface area is 110 Å². The van der Waals surface area contributed by atoms with Crippen LogP contribution in [0.3, 0.4) is 0 Å². The third kappa shape index (κ3) is 1.79. The lowest BCUT2D eigenvalue weighted by atomic mass is 10.0. The van der Waals surface area contributed by atoms with Crippen molar-refractivity contribution in [3.63, 3.8) is 0 Å². The monoisotopic (exact) mass is 266 g/mol. The fraction of sp³-hybridized carbons (Fsp3) is 0.500. The molecule has 18 heavy (non-hydrogen) atoms. The first-order valence-corrected chi connectivity index (χ1v) is 6.40. The van der Waals surface area contributed by atoms with Crippen molar-refractivity contribution in [1.29, 1.82) is 0 Å².